The van der Waals surface area contributed by atoms with Gasteiger partial charge >= 0.3 is 0 Å². The number of nitrogens with one attached hydrogen (secondary N) is 3. The van der Waals surface area contributed by atoms with Crippen molar-refractivity contribution in [1.82, 2.24) is 15.0 Å². The Labute approximate surface area is 118 Å². The lowest BCUT2D eigenvalue weighted by Crippen LogP contribution is -2.34. The van der Waals surface area contributed by atoms with Gasteiger partial charge in [0.15, 0.2) is 0 Å². The van der Waals surface area contributed by atoms with Gasteiger partial charge in [-0.25, -0.2) is 24.0 Å². The summed E-state index contributed by atoms with van der Waals surface area (Å²) >= 11 is 0. The van der Waals surface area contributed by atoms with Crippen molar-refractivity contribution in [1.29, 1.82) is 0 Å². The molecular weight excluding hydrogens is 282 g/mol. The summed E-state index contributed by atoms with van der Waals surface area (Å²) in [4.78, 5) is 15.9. The minimum atomic E-state index is -3.34. The maximum absolute atomic E-state index is 11.9. The second-order valence-electron chi connectivity index (χ2n) is 4.10. The number of aromatic nitrogens is 1. The molecule has 112 valence electrons. The first-order valence-corrected chi connectivity index (χ1v) is 7.74. The summed E-state index contributed by atoms with van der Waals surface area (Å²) in [5.41, 5.74) is 3.36. The van der Waals surface area contributed by atoms with E-state index in [0.717, 1.165) is 0 Å². The highest BCUT2D eigenvalue weighted by molar-refractivity contribution is 7.89. The fourth-order valence-corrected chi connectivity index (χ4v) is 2.52. The molecule has 0 aliphatic rings. The van der Waals surface area contributed by atoms with E-state index in [1.807, 2.05) is 0 Å². The van der Waals surface area contributed by atoms with Crippen LogP contribution in [0.1, 0.15) is 23.0 Å². The highest BCUT2D eigenvalue weighted by atomic mass is 32.2. The monoisotopic (exact) mass is 301 g/mol. The van der Waals surface area contributed by atoms with Gasteiger partial charge in [0.1, 0.15) is 5.82 Å². The number of carbonyl (C=O) groups is 1. The van der Waals surface area contributed by atoms with Crippen LogP contribution in [0.15, 0.2) is 12.1 Å². The van der Waals surface area contributed by atoms with E-state index in [0.29, 0.717) is 23.6 Å². The van der Waals surface area contributed by atoms with Crippen LogP contribution in [-0.2, 0) is 10.0 Å². The average Bonchev–Trinajstić information content (AvgIpc) is 2.37. The molecule has 0 radical (unpaired) electrons. The van der Waals surface area contributed by atoms with Crippen LogP contribution in [0.3, 0.4) is 0 Å². The van der Waals surface area contributed by atoms with Crippen molar-refractivity contribution in [2.45, 2.75) is 13.8 Å². The van der Waals surface area contributed by atoms with Crippen molar-refractivity contribution in [2.24, 2.45) is 5.84 Å². The van der Waals surface area contributed by atoms with Crippen LogP contribution >= 0.6 is 0 Å². The maximum Gasteiger partial charge on any atom is 0.251 e. The van der Waals surface area contributed by atoms with E-state index in [-0.39, 0.29) is 18.2 Å². The molecule has 0 atom stereocenters. The van der Waals surface area contributed by atoms with Gasteiger partial charge in [-0.15, -0.1) is 0 Å². The number of amides is 1. The van der Waals surface area contributed by atoms with Gasteiger partial charge in [-0.1, -0.05) is 6.92 Å². The van der Waals surface area contributed by atoms with E-state index >= 15 is 0 Å². The topological polar surface area (TPSA) is 126 Å². The number of hydrogen-bond acceptors (Lipinski definition) is 6. The Hall–Kier alpha value is -1.71. The van der Waals surface area contributed by atoms with Crippen molar-refractivity contribution in [3.8, 4) is 0 Å². The lowest BCUT2D eigenvalue weighted by atomic mass is 10.2. The fraction of sp³-hybridized carbons (Fsp3) is 0.455. The number of carbonyl (C=O) groups excluding carboxylic acids is 1. The Morgan fingerprint density at radius 1 is 1.40 bits per heavy atom. The Balaban J connectivity index is 2.62. The van der Waals surface area contributed by atoms with Crippen LogP contribution in [0, 0.1) is 6.92 Å². The number of anilines is 1. The van der Waals surface area contributed by atoms with Crippen LogP contribution in [0.2, 0.25) is 0 Å². The van der Waals surface area contributed by atoms with Crippen molar-refractivity contribution in [2.75, 3.05) is 24.3 Å². The predicted octanol–water partition coefficient (Wildman–Crippen LogP) is -0.655. The first-order chi connectivity index (χ1) is 9.38. The smallest absolute Gasteiger partial charge is 0.251 e. The molecule has 0 aliphatic carbocycles. The Bertz CT molecular complexity index is 573. The zero-order chi connectivity index (χ0) is 15.2. The third kappa shape index (κ3) is 5.11. The summed E-state index contributed by atoms with van der Waals surface area (Å²) in [5.74, 6) is 5.07. The Kier molecular flexibility index (Phi) is 5.86. The molecule has 1 amide bonds. The maximum atomic E-state index is 11.9. The van der Waals surface area contributed by atoms with E-state index in [1.165, 1.54) is 6.07 Å². The number of nitrogens with two attached hydrogens (primary N) is 1. The molecule has 0 bridgehead atoms. The third-order valence-corrected chi connectivity index (χ3v) is 3.85. The lowest BCUT2D eigenvalue weighted by Gasteiger charge is -2.08. The molecule has 20 heavy (non-hydrogen) atoms. The molecule has 9 heteroatoms. The van der Waals surface area contributed by atoms with Crippen molar-refractivity contribution >= 4 is 21.7 Å². The second-order valence-corrected chi connectivity index (χ2v) is 6.03. The summed E-state index contributed by atoms with van der Waals surface area (Å²) in [7, 11) is -3.34. The van der Waals surface area contributed by atoms with Gasteiger partial charge in [0.05, 0.1) is 5.75 Å². The van der Waals surface area contributed by atoms with E-state index in [2.05, 4.69) is 20.4 Å². The standard InChI is InChI=1S/C11H19N5O3S/c1-3-14-20(18,19)5-4-13-11(17)9-6-8(2)15-10(7-9)16-12/h6-7,14H,3-5,12H2,1-2H3,(H,13,17)(H,15,16). The van der Waals surface area contributed by atoms with Crippen molar-refractivity contribution < 1.29 is 13.2 Å². The molecule has 0 spiro atoms. The number of pyridine rings is 1. The highest BCUT2D eigenvalue weighted by Crippen LogP contribution is 2.08. The largest absolute Gasteiger partial charge is 0.351 e. The van der Waals surface area contributed by atoms with Gasteiger partial charge in [0.2, 0.25) is 10.0 Å². The first-order valence-electron chi connectivity index (χ1n) is 6.09. The van der Waals surface area contributed by atoms with Crippen LogP contribution in [0.4, 0.5) is 5.82 Å². The molecule has 0 aromatic carbocycles. The van der Waals surface area contributed by atoms with E-state index in [1.54, 1.807) is 19.9 Å². The van der Waals surface area contributed by atoms with Crippen LogP contribution in [-0.4, -0.2) is 38.2 Å². The molecule has 5 N–H and O–H groups in total. The molecule has 1 heterocycles. The van der Waals surface area contributed by atoms with Crippen LogP contribution in [0.5, 0.6) is 0 Å². The van der Waals surface area contributed by atoms with Gasteiger partial charge in [-0.05, 0) is 19.1 Å². The molecule has 0 saturated carbocycles. The first kappa shape index (κ1) is 16.3. The fourth-order valence-electron chi connectivity index (χ4n) is 1.57. The van der Waals surface area contributed by atoms with Gasteiger partial charge in [-0.3, -0.25) is 4.79 Å². The minimum absolute atomic E-state index is 0.0287. The SMILES string of the molecule is CCNS(=O)(=O)CCNC(=O)c1cc(C)nc(NN)c1. The average molecular weight is 301 g/mol. The Morgan fingerprint density at radius 3 is 2.70 bits per heavy atom. The summed E-state index contributed by atoms with van der Waals surface area (Å²) in [6.07, 6.45) is 0. The van der Waals surface area contributed by atoms with Crippen molar-refractivity contribution in [3.05, 3.63) is 23.4 Å². The second kappa shape index (κ2) is 7.17. The predicted molar refractivity (Wildman–Crippen MR) is 76.6 cm³/mol. The summed E-state index contributed by atoms with van der Waals surface area (Å²) in [6.45, 7) is 3.77. The zero-order valence-electron chi connectivity index (χ0n) is 11.4. The molecule has 0 saturated heterocycles. The van der Waals surface area contributed by atoms with Crippen LogP contribution < -0.4 is 21.3 Å². The number of nitrogen functional groups attached to an aromatic ring is 1. The number of hydrazine groups is 1. The minimum Gasteiger partial charge on any atom is -0.351 e. The van der Waals surface area contributed by atoms with Gasteiger partial charge < -0.3 is 10.7 Å². The number of sulfonamides is 1. The lowest BCUT2D eigenvalue weighted by molar-refractivity contribution is 0.0956. The van der Waals surface area contributed by atoms with E-state index in [4.69, 9.17) is 5.84 Å². The normalized spacial score (nSPS) is 11.2. The highest BCUT2D eigenvalue weighted by Gasteiger charge is 2.11. The molecule has 1 rings (SSSR count). The van der Waals surface area contributed by atoms with Gasteiger partial charge in [0, 0.05) is 24.3 Å². The molecule has 0 aliphatic heterocycles. The number of nitrogens with zero attached hydrogens (tertiary/aromatic N) is 1. The van der Waals surface area contributed by atoms with Crippen molar-refractivity contribution in [3.63, 3.8) is 0 Å². The zero-order valence-corrected chi connectivity index (χ0v) is 12.3. The Morgan fingerprint density at radius 2 is 2.10 bits per heavy atom. The summed E-state index contributed by atoms with van der Waals surface area (Å²) < 4.78 is 25.2. The number of hydrogen-bond donors (Lipinski definition) is 4. The quantitative estimate of drug-likeness (QED) is 0.391. The third-order valence-electron chi connectivity index (χ3n) is 2.38. The summed E-state index contributed by atoms with van der Waals surface area (Å²) in [5, 5.41) is 2.54. The molecular formula is C11H19N5O3S. The molecule has 1 aromatic heterocycles. The summed E-state index contributed by atoms with van der Waals surface area (Å²) in [6, 6.07) is 3.08. The van der Waals surface area contributed by atoms with Gasteiger partial charge in [-0.2, -0.15) is 0 Å². The van der Waals surface area contributed by atoms with E-state index < -0.39 is 10.0 Å². The number of aryl methyl sites for hydroxylation is 1. The van der Waals surface area contributed by atoms with Gasteiger partial charge in [0.25, 0.3) is 5.91 Å². The molecule has 0 fully saturated rings. The molecule has 1 aromatic rings. The van der Waals surface area contributed by atoms with Crippen LogP contribution in [0.25, 0.3) is 0 Å². The van der Waals surface area contributed by atoms with E-state index in [9.17, 15) is 13.2 Å². The molecule has 8 nitrogen and oxygen atoms in total. The molecule has 0 unspecified atom stereocenters. The number of rotatable bonds is 7.